The van der Waals surface area contributed by atoms with Gasteiger partial charge in [0.1, 0.15) is 9.84 Å². The molecule has 114 valence electrons. The first kappa shape index (κ1) is 15.5. The summed E-state index contributed by atoms with van der Waals surface area (Å²) in [7, 11) is -3.21. The summed E-state index contributed by atoms with van der Waals surface area (Å²) < 4.78 is 22.2. The molecule has 1 atom stereocenters. The molecule has 0 aromatic heterocycles. The highest BCUT2D eigenvalue weighted by Gasteiger charge is 2.32. The van der Waals surface area contributed by atoms with Crippen molar-refractivity contribution in [1.29, 1.82) is 0 Å². The molecule has 1 amide bonds. The molecule has 0 bridgehead atoms. The summed E-state index contributed by atoms with van der Waals surface area (Å²) >= 11 is 0. The van der Waals surface area contributed by atoms with Crippen molar-refractivity contribution in [3.63, 3.8) is 0 Å². The highest BCUT2D eigenvalue weighted by Crippen LogP contribution is 2.28. The topological polar surface area (TPSA) is 91.8 Å². The van der Waals surface area contributed by atoms with Gasteiger partial charge in [-0.15, -0.1) is 0 Å². The fraction of sp³-hybridized carbons (Fsp3) is 0.429. The van der Waals surface area contributed by atoms with E-state index >= 15 is 0 Å². The number of carboxylic acid groups (broad SMARTS) is 1. The van der Waals surface area contributed by atoms with Gasteiger partial charge in [-0.1, -0.05) is 24.3 Å². The van der Waals surface area contributed by atoms with Gasteiger partial charge in [-0.3, -0.25) is 9.59 Å². The number of carboxylic acids is 1. The van der Waals surface area contributed by atoms with Crippen LogP contribution in [0, 0.1) is 0 Å². The Hall–Kier alpha value is -1.89. The van der Waals surface area contributed by atoms with Gasteiger partial charge in [0, 0.05) is 25.8 Å². The predicted molar refractivity (Wildman–Crippen MR) is 76.6 cm³/mol. The zero-order valence-corrected chi connectivity index (χ0v) is 12.5. The fourth-order valence-corrected chi connectivity index (χ4v) is 2.98. The molecule has 1 N–H and O–H groups in total. The Morgan fingerprint density at radius 2 is 2.00 bits per heavy atom. The Labute approximate surface area is 123 Å². The van der Waals surface area contributed by atoms with Crippen LogP contribution in [-0.2, 0) is 26.0 Å². The van der Waals surface area contributed by atoms with Crippen molar-refractivity contribution < 1.29 is 23.1 Å². The summed E-state index contributed by atoms with van der Waals surface area (Å²) in [5.74, 6) is -2.30. The molecule has 1 heterocycles. The van der Waals surface area contributed by atoms with Crippen molar-refractivity contribution in [2.45, 2.75) is 18.9 Å². The van der Waals surface area contributed by atoms with E-state index in [0.29, 0.717) is 6.54 Å². The Morgan fingerprint density at radius 3 is 2.62 bits per heavy atom. The second kappa shape index (κ2) is 5.85. The second-order valence-corrected chi connectivity index (χ2v) is 7.50. The van der Waals surface area contributed by atoms with E-state index in [-0.39, 0.29) is 24.6 Å². The third kappa shape index (κ3) is 3.81. The molecule has 0 aliphatic carbocycles. The van der Waals surface area contributed by atoms with Crippen LogP contribution in [0.3, 0.4) is 0 Å². The second-order valence-electron chi connectivity index (χ2n) is 5.24. The van der Waals surface area contributed by atoms with E-state index in [1.54, 1.807) is 24.3 Å². The highest BCUT2D eigenvalue weighted by molar-refractivity contribution is 7.90. The number of benzene rings is 1. The van der Waals surface area contributed by atoms with E-state index in [9.17, 15) is 23.1 Å². The van der Waals surface area contributed by atoms with Crippen molar-refractivity contribution >= 4 is 21.7 Å². The number of amides is 1. The molecule has 7 heteroatoms. The molecule has 1 aromatic carbocycles. The largest absolute Gasteiger partial charge is 0.481 e. The van der Waals surface area contributed by atoms with Crippen LogP contribution < -0.4 is 0 Å². The molecule has 21 heavy (non-hydrogen) atoms. The Bertz CT molecular complexity index is 668. The Balaban J connectivity index is 2.18. The van der Waals surface area contributed by atoms with Crippen molar-refractivity contribution in [3.8, 4) is 0 Å². The van der Waals surface area contributed by atoms with Crippen LogP contribution in [-0.4, -0.2) is 48.9 Å². The van der Waals surface area contributed by atoms with Gasteiger partial charge in [0.25, 0.3) is 0 Å². The minimum Gasteiger partial charge on any atom is -0.481 e. The summed E-state index contributed by atoms with van der Waals surface area (Å²) in [6, 6.07) is 7.12. The van der Waals surface area contributed by atoms with Gasteiger partial charge in [-0.2, -0.15) is 0 Å². The lowest BCUT2D eigenvalue weighted by Crippen LogP contribution is -2.41. The minimum absolute atomic E-state index is 0.0783. The van der Waals surface area contributed by atoms with Crippen LogP contribution in [0.4, 0.5) is 0 Å². The lowest BCUT2D eigenvalue weighted by atomic mass is 9.89. The number of carbonyl (C=O) groups excluding carboxylic acids is 1. The van der Waals surface area contributed by atoms with Gasteiger partial charge in [-0.05, 0) is 11.1 Å². The zero-order valence-electron chi connectivity index (χ0n) is 11.7. The first-order chi connectivity index (χ1) is 9.78. The smallest absolute Gasteiger partial charge is 0.312 e. The molecule has 0 saturated heterocycles. The minimum atomic E-state index is -3.21. The quantitative estimate of drug-likeness (QED) is 0.880. The standard InChI is InChI=1S/C14H17NO5S/c1-21(19,20)7-6-13(16)15-8-10-4-2-3-5-11(10)12(9-15)14(17)18/h2-5,12H,6-9H2,1H3,(H,17,18). The molecule has 6 nitrogen and oxygen atoms in total. The number of carbonyl (C=O) groups is 2. The number of aliphatic carboxylic acids is 1. The third-order valence-corrected chi connectivity index (χ3v) is 4.48. The van der Waals surface area contributed by atoms with E-state index in [1.165, 1.54) is 4.90 Å². The lowest BCUT2D eigenvalue weighted by molar-refractivity contribution is -0.141. The SMILES string of the molecule is CS(=O)(=O)CCC(=O)N1Cc2ccccc2C(C(=O)O)C1. The van der Waals surface area contributed by atoms with E-state index in [4.69, 9.17) is 0 Å². The summed E-state index contributed by atoms with van der Waals surface area (Å²) in [5.41, 5.74) is 1.51. The monoisotopic (exact) mass is 311 g/mol. The van der Waals surface area contributed by atoms with Crippen LogP contribution >= 0.6 is 0 Å². The highest BCUT2D eigenvalue weighted by atomic mass is 32.2. The molecule has 2 rings (SSSR count). The number of rotatable bonds is 4. The van der Waals surface area contributed by atoms with E-state index in [2.05, 4.69) is 0 Å². The summed E-state index contributed by atoms with van der Waals surface area (Å²) in [6.07, 6.45) is 0.958. The Kier molecular flexibility index (Phi) is 4.32. The zero-order chi connectivity index (χ0) is 15.6. The third-order valence-electron chi connectivity index (χ3n) is 3.53. The van der Waals surface area contributed by atoms with E-state index in [1.807, 2.05) is 0 Å². The average Bonchev–Trinajstić information content (AvgIpc) is 2.42. The van der Waals surface area contributed by atoms with Gasteiger partial charge < -0.3 is 10.0 Å². The molecular weight excluding hydrogens is 294 g/mol. The Morgan fingerprint density at radius 1 is 1.33 bits per heavy atom. The van der Waals surface area contributed by atoms with Crippen LogP contribution in [0.15, 0.2) is 24.3 Å². The normalized spacial score (nSPS) is 18.1. The molecule has 1 unspecified atom stereocenters. The van der Waals surface area contributed by atoms with Gasteiger partial charge in [0.2, 0.25) is 5.91 Å². The maximum atomic E-state index is 12.1. The van der Waals surface area contributed by atoms with Gasteiger partial charge in [0.05, 0.1) is 11.7 Å². The van der Waals surface area contributed by atoms with E-state index < -0.39 is 21.7 Å². The maximum Gasteiger partial charge on any atom is 0.312 e. The molecule has 0 saturated carbocycles. The number of sulfone groups is 1. The molecule has 1 aliphatic rings. The summed E-state index contributed by atoms with van der Waals surface area (Å²) in [4.78, 5) is 24.9. The van der Waals surface area contributed by atoms with Crippen molar-refractivity contribution in [2.75, 3.05) is 18.6 Å². The van der Waals surface area contributed by atoms with Gasteiger partial charge >= 0.3 is 5.97 Å². The number of fused-ring (bicyclic) bond motifs is 1. The lowest BCUT2D eigenvalue weighted by Gasteiger charge is -2.32. The molecule has 0 radical (unpaired) electrons. The van der Waals surface area contributed by atoms with E-state index in [0.717, 1.165) is 17.4 Å². The maximum absolute atomic E-state index is 12.1. The fourth-order valence-electron chi connectivity index (χ4n) is 2.44. The van der Waals surface area contributed by atoms with Gasteiger partial charge in [-0.25, -0.2) is 8.42 Å². The van der Waals surface area contributed by atoms with Crippen LogP contribution in [0.5, 0.6) is 0 Å². The van der Waals surface area contributed by atoms with Crippen LogP contribution in [0.1, 0.15) is 23.5 Å². The molecule has 1 aromatic rings. The molecule has 0 spiro atoms. The van der Waals surface area contributed by atoms with Crippen molar-refractivity contribution in [1.82, 2.24) is 4.90 Å². The van der Waals surface area contributed by atoms with Crippen molar-refractivity contribution in [3.05, 3.63) is 35.4 Å². The molecule has 1 aliphatic heterocycles. The predicted octanol–water partition coefficient (Wildman–Crippen LogP) is 0.632. The summed E-state index contributed by atoms with van der Waals surface area (Å²) in [6.45, 7) is 0.400. The average molecular weight is 311 g/mol. The number of nitrogens with zero attached hydrogens (tertiary/aromatic N) is 1. The first-order valence-corrected chi connectivity index (χ1v) is 8.60. The van der Waals surface area contributed by atoms with Crippen LogP contribution in [0.25, 0.3) is 0 Å². The number of hydrogen-bond acceptors (Lipinski definition) is 4. The van der Waals surface area contributed by atoms with Crippen LogP contribution in [0.2, 0.25) is 0 Å². The molecule has 0 fully saturated rings. The molecular formula is C14H17NO5S. The number of hydrogen-bond donors (Lipinski definition) is 1. The van der Waals surface area contributed by atoms with Gasteiger partial charge in [0.15, 0.2) is 0 Å². The van der Waals surface area contributed by atoms with Crippen molar-refractivity contribution in [2.24, 2.45) is 0 Å². The summed E-state index contributed by atoms with van der Waals surface area (Å²) in [5, 5.41) is 9.31. The first-order valence-electron chi connectivity index (χ1n) is 6.54.